The summed E-state index contributed by atoms with van der Waals surface area (Å²) in [5.74, 6) is 0.225. The minimum Gasteiger partial charge on any atom is -0.394 e. The summed E-state index contributed by atoms with van der Waals surface area (Å²) < 4.78 is 18.7. The van der Waals surface area contributed by atoms with Gasteiger partial charge in [-0.25, -0.2) is 9.07 Å². The average Bonchev–Trinajstić information content (AvgIpc) is 3.55. The van der Waals surface area contributed by atoms with Gasteiger partial charge in [0.2, 0.25) is 0 Å². The van der Waals surface area contributed by atoms with Crippen molar-refractivity contribution in [1.82, 2.24) is 29.1 Å². The van der Waals surface area contributed by atoms with Crippen molar-refractivity contribution in [3.05, 3.63) is 107 Å². The van der Waals surface area contributed by atoms with Gasteiger partial charge in [-0.2, -0.15) is 10.2 Å². The highest BCUT2D eigenvalue weighted by molar-refractivity contribution is 5.84. The van der Waals surface area contributed by atoms with Crippen LogP contribution < -0.4 is 5.56 Å². The van der Waals surface area contributed by atoms with Crippen LogP contribution in [0.2, 0.25) is 0 Å². The van der Waals surface area contributed by atoms with Crippen LogP contribution in [0.25, 0.3) is 38.8 Å². The molecular weight excluding hydrogens is 471 g/mol. The summed E-state index contributed by atoms with van der Waals surface area (Å²) >= 11 is 0. The number of aliphatic hydroxyl groups is 1. The van der Waals surface area contributed by atoms with Crippen molar-refractivity contribution >= 4 is 21.8 Å². The molecule has 4 aromatic heterocycles. The van der Waals surface area contributed by atoms with Crippen molar-refractivity contribution in [1.29, 1.82) is 0 Å². The van der Waals surface area contributed by atoms with Gasteiger partial charge in [0.15, 0.2) is 5.82 Å². The number of pyridine rings is 1. The van der Waals surface area contributed by atoms with Crippen LogP contribution in [0, 0.1) is 5.82 Å². The average molecular weight is 495 g/mol. The van der Waals surface area contributed by atoms with Crippen LogP contribution in [-0.2, 0) is 19.5 Å². The summed E-state index contributed by atoms with van der Waals surface area (Å²) in [5, 5.41) is 19.8. The van der Waals surface area contributed by atoms with E-state index in [4.69, 9.17) is 5.11 Å². The third-order valence-electron chi connectivity index (χ3n) is 6.41. The summed E-state index contributed by atoms with van der Waals surface area (Å²) in [6.45, 7) is 0.867. The molecule has 0 fully saturated rings. The zero-order valence-corrected chi connectivity index (χ0v) is 19.8. The van der Waals surface area contributed by atoms with Crippen LogP contribution in [0.15, 0.2) is 90.2 Å². The van der Waals surface area contributed by atoms with E-state index in [-0.39, 0.29) is 18.0 Å². The summed E-state index contributed by atoms with van der Waals surface area (Å²) in [6, 6.07) is 17.7. The monoisotopic (exact) mass is 494 g/mol. The third-order valence-corrected chi connectivity index (χ3v) is 6.41. The van der Waals surface area contributed by atoms with Crippen LogP contribution in [0.3, 0.4) is 0 Å². The van der Waals surface area contributed by atoms with Crippen molar-refractivity contribution in [2.24, 2.45) is 0 Å². The Morgan fingerprint density at radius 3 is 2.70 bits per heavy atom. The zero-order chi connectivity index (χ0) is 25.4. The molecule has 0 aliphatic carbocycles. The Balaban J connectivity index is 1.25. The molecule has 1 N–H and O–H groups in total. The lowest BCUT2D eigenvalue weighted by Gasteiger charge is -2.10. The zero-order valence-electron chi connectivity index (χ0n) is 19.8. The van der Waals surface area contributed by atoms with E-state index >= 15 is 0 Å². The van der Waals surface area contributed by atoms with Crippen molar-refractivity contribution in [2.75, 3.05) is 6.61 Å². The van der Waals surface area contributed by atoms with E-state index in [9.17, 15) is 9.18 Å². The Kier molecular flexibility index (Phi) is 5.82. The second-order valence-corrected chi connectivity index (χ2v) is 8.86. The van der Waals surface area contributed by atoms with Gasteiger partial charge in [-0.05, 0) is 60.5 Å². The number of aryl methyl sites for hydroxylation is 2. The molecule has 37 heavy (non-hydrogen) atoms. The maximum Gasteiger partial charge on any atom is 0.266 e. The highest BCUT2D eigenvalue weighted by atomic mass is 19.1. The molecule has 2 aromatic carbocycles. The lowest BCUT2D eigenvalue weighted by atomic mass is 10.1. The molecule has 0 radical (unpaired) electrons. The SMILES string of the molecule is O=c1ccc(-n2ccc3ccc(F)cc32)nn1CCc1ccc2ncc(-c3cnn(CCO)c3)cc2c1. The molecule has 0 bridgehead atoms. The van der Waals surface area contributed by atoms with Gasteiger partial charge in [0, 0.05) is 53.1 Å². The largest absolute Gasteiger partial charge is 0.394 e. The van der Waals surface area contributed by atoms with E-state index in [1.165, 1.54) is 22.9 Å². The lowest BCUT2D eigenvalue weighted by Crippen LogP contribution is -2.24. The summed E-state index contributed by atoms with van der Waals surface area (Å²) in [4.78, 5) is 17.1. The van der Waals surface area contributed by atoms with Gasteiger partial charge in [0.25, 0.3) is 5.56 Å². The number of halogens is 1. The first-order valence-corrected chi connectivity index (χ1v) is 11.9. The normalized spacial score (nSPS) is 11.5. The molecule has 6 rings (SSSR count). The van der Waals surface area contributed by atoms with E-state index < -0.39 is 0 Å². The Labute approximate surface area is 210 Å². The molecule has 6 aromatic rings. The van der Waals surface area contributed by atoms with Gasteiger partial charge in [0.05, 0.1) is 30.4 Å². The van der Waals surface area contributed by atoms with Crippen LogP contribution in [0.1, 0.15) is 5.56 Å². The first kappa shape index (κ1) is 22.8. The van der Waals surface area contributed by atoms with E-state index in [1.807, 2.05) is 36.8 Å². The van der Waals surface area contributed by atoms with E-state index in [0.717, 1.165) is 33.0 Å². The number of aromatic nitrogens is 6. The number of fused-ring (bicyclic) bond motifs is 2. The quantitative estimate of drug-likeness (QED) is 0.363. The molecule has 0 amide bonds. The molecule has 0 saturated heterocycles. The molecule has 0 aliphatic rings. The third kappa shape index (κ3) is 4.52. The maximum absolute atomic E-state index is 13.8. The second kappa shape index (κ2) is 9.44. The van der Waals surface area contributed by atoms with E-state index in [0.29, 0.717) is 30.8 Å². The lowest BCUT2D eigenvalue weighted by molar-refractivity contribution is 0.269. The highest BCUT2D eigenvalue weighted by Gasteiger charge is 2.09. The van der Waals surface area contributed by atoms with Crippen molar-refractivity contribution in [3.8, 4) is 16.9 Å². The second-order valence-electron chi connectivity index (χ2n) is 8.86. The number of nitrogens with zero attached hydrogens (tertiary/aromatic N) is 6. The van der Waals surface area contributed by atoms with Gasteiger partial charge < -0.3 is 5.11 Å². The van der Waals surface area contributed by atoms with Crippen molar-refractivity contribution < 1.29 is 9.50 Å². The number of hydrogen-bond acceptors (Lipinski definition) is 5. The molecule has 0 spiro atoms. The minimum atomic E-state index is -0.325. The van der Waals surface area contributed by atoms with Gasteiger partial charge in [-0.3, -0.25) is 19.0 Å². The number of aliphatic hydroxyl groups excluding tert-OH is 1. The highest BCUT2D eigenvalue weighted by Crippen LogP contribution is 2.24. The molecule has 0 unspecified atom stereocenters. The number of hydrogen-bond donors (Lipinski definition) is 1. The van der Waals surface area contributed by atoms with Crippen LogP contribution >= 0.6 is 0 Å². The van der Waals surface area contributed by atoms with Crippen molar-refractivity contribution in [3.63, 3.8) is 0 Å². The van der Waals surface area contributed by atoms with Gasteiger partial charge in [-0.1, -0.05) is 6.07 Å². The fourth-order valence-electron chi connectivity index (χ4n) is 4.49. The Morgan fingerprint density at radius 2 is 1.81 bits per heavy atom. The van der Waals surface area contributed by atoms with Crippen molar-refractivity contribution in [2.45, 2.75) is 19.5 Å². The summed E-state index contributed by atoms with van der Waals surface area (Å²) in [7, 11) is 0. The maximum atomic E-state index is 13.8. The Hall–Kier alpha value is -4.63. The first-order chi connectivity index (χ1) is 18.1. The van der Waals surface area contributed by atoms with Gasteiger partial charge in [0.1, 0.15) is 5.82 Å². The Bertz CT molecular complexity index is 1800. The van der Waals surface area contributed by atoms with Gasteiger partial charge in [-0.15, -0.1) is 0 Å². The number of benzene rings is 2. The molecule has 0 saturated carbocycles. The number of rotatable bonds is 7. The van der Waals surface area contributed by atoms with Crippen LogP contribution in [0.5, 0.6) is 0 Å². The smallest absolute Gasteiger partial charge is 0.266 e. The van der Waals surface area contributed by atoms with E-state index in [2.05, 4.69) is 27.3 Å². The first-order valence-electron chi connectivity index (χ1n) is 11.9. The predicted octanol–water partition coefficient (Wildman–Crippen LogP) is 3.97. The molecule has 0 aliphatic heterocycles. The van der Waals surface area contributed by atoms with Crippen LogP contribution in [0.4, 0.5) is 4.39 Å². The summed E-state index contributed by atoms with van der Waals surface area (Å²) in [6.07, 6.45) is 7.88. The Morgan fingerprint density at radius 1 is 0.892 bits per heavy atom. The fraction of sp³-hybridized carbons (Fsp3) is 0.143. The molecule has 184 valence electrons. The molecule has 8 nitrogen and oxygen atoms in total. The molecule has 0 atom stereocenters. The minimum absolute atomic E-state index is 0.0296. The molecule has 4 heterocycles. The van der Waals surface area contributed by atoms with E-state index in [1.54, 1.807) is 27.6 Å². The standard InChI is InChI=1S/C28H23FN6O2/c29-24-3-2-20-8-9-34(26(20)15-24)27-5-6-28(37)35(32-27)10-7-19-1-4-25-21(13-19)14-22(16-30-25)23-17-31-33(18-23)11-12-36/h1-6,8-9,13-18,36H,7,10-12H2. The topological polar surface area (TPSA) is 90.8 Å². The predicted molar refractivity (Wildman–Crippen MR) is 139 cm³/mol. The van der Waals surface area contributed by atoms with Gasteiger partial charge >= 0.3 is 0 Å². The summed E-state index contributed by atoms with van der Waals surface area (Å²) in [5.41, 5.74) is 4.29. The van der Waals surface area contributed by atoms with Crippen LogP contribution in [-0.4, -0.2) is 40.8 Å². The fourth-order valence-corrected chi connectivity index (χ4v) is 4.49. The molecular formula is C28H23FN6O2. The molecule has 9 heteroatoms.